The van der Waals surface area contributed by atoms with E-state index in [-0.39, 0.29) is 17.6 Å². The lowest BCUT2D eigenvalue weighted by atomic mass is 9.96. The molecule has 0 N–H and O–H groups in total. The molecule has 68 valence electrons. The third-order valence-corrected chi connectivity index (χ3v) is 2.10. The summed E-state index contributed by atoms with van der Waals surface area (Å²) in [5.74, 6) is -0.217. The van der Waals surface area contributed by atoms with Crippen LogP contribution >= 0.6 is 0 Å². The Morgan fingerprint density at radius 2 is 2.17 bits per heavy atom. The molecule has 0 saturated carbocycles. The van der Waals surface area contributed by atoms with Crippen LogP contribution in [0.5, 0.6) is 0 Å². The molecule has 0 aliphatic carbocycles. The van der Waals surface area contributed by atoms with E-state index in [9.17, 15) is 4.79 Å². The predicted molar refractivity (Wildman–Crippen MR) is 43.7 cm³/mol. The van der Waals surface area contributed by atoms with E-state index in [2.05, 4.69) is 15.0 Å². The van der Waals surface area contributed by atoms with Crippen LogP contribution in [0.15, 0.2) is 10.2 Å². The SMILES string of the molecule is CC[C@@H](CC1(C)N=N1)C(=O)OC. The molecule has 1 rings (SSSR count). The maximum absolute atomic E-state index is 11.1. The van der Waals surface area contributed by atoms with E-state index in [0.29, 0.717) is 6.42 Å². The van der Waals surface area contributed by atoms with E-state index in [4.69, 9.17) is 0 Å². The minimum absolute atomic E-state index is 0.0602. The highest BCUT2D eigenvalue weighted by molar-refractivity contribution is 5.72. The van der Waals surface area contributed by atoms with Crippen molar-refractivity contribution in [3.63, 3.8) is 0 Å². The number of methoxy groups -OCH3 is 1. The Balaban J connectivity index is 2.40. The molecule has 0 fully saturated rings. The molecule has 1 aliphatic heterocycles. The van der Waals surface area contributed by atoms with Crippen molar-refractivity contribution in [2.24, 2.45) is 16.1 Å². The van der Waals surface area contributed by atoms with Gasteiger partial charge in [0, 0.05) is 6.42 Å². The average molecular weight is 170 g/mol. The average Bonchev–Trinajstić information content (AvgIpc) is 2.79. The molecule has 1 aliphatic rings. The van der Waals surface area contributed by atoms with Gasteiger partial charge in [0.25, 0.3) is 0 Å². The normalized spacial score (nSPS) is 20.2. The Hall–Kier alpha value is -0.930. The van der Waals surface area contributed by atoms with Gasteiger partial charge in [-0.2, -0.15) is 10.2 Å². The summed E-state index contributed by atoms with van der Waals surface area (Å²) in [6.45, 7) is 3.88. The standard InChI is InChI=1S/C8H14N2O2/c1-4-6(7(11)12-3)5-8(2)9-10-8/h6H,4-5H2,1-3H3/t6-/m0/s1. The van der Waals surface area contributed by atoms with Gasteiger partial charge in [-0.3, -0.25) is 4.79 Å². The van der Waals surface area contributed by atoms with Gasteiger partial charge in [0.05, 0.1) is 13.0 Å². The summed E-state index contributed by atoms with van der Waals surface area (Å²) in [6.07, 6.45) is 1.46. The van der Waals surface area contributed by atoms with E-state index < -0.39 is 0 Å². The molecule has 0 bridgehead atoms. The molecular weight excluding hydrogens is 156 g/mol. The second-order valence-corrected chi connectivity index (χ2v) is 3.25. The first-order valence-corrected chi connectivity index (χ1v) is 4.13. The zero-order valence-corrected chi connectivity index (χ0v) is 7.70. The Labute approximate surface area is 72.0 Å². The number of nitrogens with zero attached hydrogens (tertiary/aromatic N) is 2. The summed E-state index contributed by atoms with van der Waals surface area (Å²) in [6, 6.07) is 0. The fraction of sp³-hybridized carbons (Fsp3) is 0.875. The molecular formula is C8H14N2O2. The maximum Gasteiger partial charge on any atom is 0.308 e. The maximum atomic E-state index is 11.1. The summed E-state index contributed by atoms with van der Waals surface area (Å²) >= 11 is 0. The van der Waals surface area contributed by atoms with Crippen molar-refractivity contribution in [1.29, 1.82) is 0 Å². The van der Waals surface area contributed by atoms with Crippen LogP contribution in [0.2, 0.25) is 0 Å². The minimum atomic E-state index is -0.297. The summed E-state index contributed by atoms with van der Waals surface area (Å²) in [7, 11) is 1.41. The van der Waals surface area contributed by atoms with Crippen molar-refractivity contribution >= 4 is 5.97 Å². The molecule has 4 nitrogen and oxygen atoms in total. The number of carbonyl (C=O) groups excluding carboxylic acids is 1. The Morgan fingerprint density at radius 3 is 2.50 bits per heavy atom. The van der Waals surface area contributed by atoms with E-state index >= 15 is 0 Å². The lowest BCUT2D eigenvalue weighted by molar-refractivity contribution is -0.146. The summed E-state index contributed by atoms with van der Waals surface area (Å²) in [4.78, 5) is 11.1. The zero-order chi connectivity index (χ0) is 9.19. The van der Waals surface area contributed by atoms with Gasteiger partial charge >= 0.3 is 5.97 Å². The molecule has 0 radical (unpaired) electrons. The number of ether oxygens (including phenoxy) is 1. The summed E-state index contributed by atoms with van der Waals surface area (Å²) in [5, 5.41) is 7.71. The molecule has 1 atom stereocenters. The van der Waals surface area contributed by atoms with Crippen molar-refractivity contribution in [1.82, 2.24) is 0 Å². The fourth-order valence-electron chi connectivity index (χ4n) is 1.19. The van der Waals surface area contributed by atoms with Crippen molar-refractivity contribution in [2.45, 2.75) is 32.4 Å². The van der Waals surface area contributed by atoms with Crippen LogP contribution in [0.3, 0.4) is 0 Å². The van der Waals surface area contributed by atoms with Crippen molar-refractivity contribution in [3.05, 3.63) is 0 Å². The lowest BCUT2D eigenvalue weighted by Crippen LogP contribution is -2.21. The number of hydrogen-bond donors (Lipinski definition) is 0. The predicted octanol–water partition coefficient (Wildman–Crippen LogP) is 1.76. The molecule has 0 aromatic rings. The molecule has 0 amide bonds. The van der Waals surface area contributed by atoms with Gasteiger partial charge in [-0.1, -0.05) is 6.92 Å². The fourth-order valence-corrected chi connectivity index (χ4v) is 1.19. The van der Waals surface area contributed by atoms with Crippen LogP contribution in [0.25, 0.3) is 0 Å². The molecule has 4 heteroatoms. The van der Waals surface area contributed by atoms with Crippen LogP contribution in [-0.4, -0.2) is 18.7 Å². The zero-order valence-electron chi connectivity index (χ0n) is 7.70. The molecule has 0 spiro atoms. The first-order chi connectivity index (χ1) is 5.61. The number of carbonyl (C=O) groups is 1. The van der Waals surface area contributed by atoms with Crippen LogP contribution in [0.4, 0.5) is 0 Å². The van der Waals surface area contributed by atoms with Gasteiger partial charge in [-0.15, -0.1) is 0 Å². The molecule has 12 heavy (non-hydrogen) atoms. The van der Waals surface area contributed by atoms with E-state index in [0.717, 1.165) is 6.42 Å². The molecule has 0 unspecified atom stereocenters. The van der Waals surface area contributed by atoms with E-state index in [1.807, 2.05) is 13.8 Å². The van der Waals surface area contributed by atoms with Crippen LogP contribution in [-0.2, 0) is 9.53 Å². The van der Waals surface area contributed by atoms with Crippen molar-refractivity contribution in [3.8, 4) is 0 Å². The van der Waals surface area contributed by atoms with Gasteiger partial charge in [0.2, 0.25) is 0 Å². The quantitative estimate of drug-likeness (QED) is 0.603. The number of hydrogen-bond acceptors (Lipinski definition) is 4. The van der Waals surface area contributed by atoms with Gasteiger partial charge < -0.3 is 4.74 Å². The highest BCUT2D eigenvalue weighted by Gasteiger charge is 2.38. The van der Waals surface area contributed by atoms with Gasteiger partial charge in [-0.25, -0.2) is 0 Å². The van der Waals surface area contributed by atoms with Crippen LogP contribution in [0.1, 0.15) is 26.7 Å². The number of rotatable bonds is 4. The second-order valence-electron chi connectivity index (χ2n) is 3.25. The van der Waals surface area contributed by atoms with Crippen LogP contribution in [0, 0.1) is 5.92 Å². The molecule has 1 heterocycles. The molecule has 0 saturated heterocycles. The molecule has 0 aromatic carbocycles. The Kier molecular flexibility index (Phi) is 2.45. The van der Waals surface area contributed by atoms with Crippen LogP contribution < -0.4 is 0 Å². The summed E-state index contributed by atoms with van der Waals surface area (Å²) < 4.78 is 4.65. The van der Waals surface area contributed by atoms with E-state index in [1.54, 1.807) is 0 Å². The topological polar surface area (TPSA) is 51.0 Å². The highest BCUT2D eigenvalue weighted by Crippen LogP contribution is 2.35. The third kappa shape index (κ3) is 2.03. The third-order valence-electron chi connectivity index (χ3n) is 2.10. The van der Waals surface area contributed by atoms with Crippen molar-refractivity contribution in [2.75, 3.05) is 7.11 Å². The van der Waals surface area contributed by atoms with E-state index in [1.165, 1.54) is 7.11 Å². The monoisotopic (exact) mass is 170 g/mol. The minimum Gasteiger partial charge on any atom is -0.469 e. The first-order valence-electron chi connectivity index (χ1n) is 4.13. The van der Waals surface area contributed by atoms with Crippen molar-refractivity contribution < 1.29 is 9.53 Å². The smallest absolute Gasteiger partial charge is 0.308 e. The number of esters is 1. The van der Waals surface area contributed by atoms with Gasteiger partial charge in [-0.05, 0) is 13.3 Å². The molecule has 0 aromatic heterocycles. The Bertz CT molecular complexity index is 207. The lowest BCUT2D eigenvalue weighted by Gasteiger charge is -2.13. The first kappa shape index (κ1) is 9.16. The van der Waals surface area contributed by atoms with Gasteiger partial charge in [0.1, 0.15) is 0 Å². The Morgan fingerprint density at radius 1 is 1.58 bits per heavy atom. The van der Waals surface area contributed by atoms with Gasteiger partial charge in [0.15, 0.2) is 5.66 Å². The second kappa shape index (κ2) is 3.21. The summed E-state index contributed by atoms with van der Waals surface area (Å²) in [5.41, 5.74) is -0.297. The largest absolute Gasteiger partial charge is 0.469 e. The highest BCUT2D eigenvalue weighted by atomic mass is 16.5.